The summed E-state index contributed by atoms with van der Waals surface area (Å²) in [4.78, 5) is 0. The molecule has 106 valence electrons. The average Bonchev–Trinajstić information content (AvgIpc) is 2.33. The lowest BCUT2D eigenvalue weighted by Crippen LogP contribution is -2.32. The predicted octanol–water partition coefficient (Wildman–Crippen LogP) is 1.74. The van der Waals surface area contributed by atoms with Crippen LogP contribution in [0.1, 0.15) is 25.7 Å². The maximum absolute atomic E-state index is 11.1. The molecule has 0 spiro atoms. The molecule has 1 aliphatic rings. The molecule has 5 nitrogen and oxygen atoms in total. The van der Waals surface area contributed by atoms with Crippen molar-refractivity contribution in [3.63, 3.8) is 0 Å². The van der Waals surface area contributed by atoms with Crippen LogP contribution in [0.25, 0.3) is 0 Å². The van der Waals surface area contributed by atoms with E-state index in [1.54, 1.807) is 12.1 Å². The lowest BCUT2D eigenvalue weighted by atomic mass is 9.92. The van der Waals surface area contributed by atoms with Crippen LogP contribution in [0.2, 0.25) is 0 Å². The highest BCUT2D eigenvalue weighted by molar-refractivity contribution is 7.92. The van der Waals surface area contributed by atoms with Crippen molar-refractivity contribution in [2.45, 2.75) is 37.8 Å². The van der Waals surface area contributed by atoms with Crippen LogP contribution in [0.3, 0.4) is 0 Å². The van der Waals surface area contributed by atoms with Gasteiger partial charge in [-0.2, -0.15) is 0 Å². The van der Waals surface area contributed by atoms with Crippen molar-refractivity contribution in [3.05, 3.63) is 24.3 Å². The maximum Gasteiger partial charge on any atom is 0.229 e. The van der Waals surface area contributed by atoms with E-state index in [0.29, 0.717) is 17.8 Å². The van der Waals surface area contributed by atoms with Gasteiger partial charge in [0, 0.05) is 23.5 Å². The van der Waals surface area contributed by atoms with Crippen LogP contribution in [-0.4, -0.2) is 26.8 Å². The number of anilines is 2. The maximum atomic E-state index is 11.1. The summed E-state index contributed by atoms with van der Waals surface area (Å²) in [5, 5.41) is 3.46. The minimum Gasteiger partial charge on any atom is -0.382 e. The fourth-order valence-electron chi connectivity index (χ4n) is 2.35. The van der Waals surface area contributed by atoms with Crippen molar-refractivity contribution >= 4 is 21.4 Å². The van der Waals surface area contributed by atoms with Crippen molar-refractivity contribution in [1.29, 1.82) is 0 Å². The number of hydrogen-bond donors (Lipinski definition) is 3. The topological polar surface area (TPSA) is 84.2 Å². The average molecular weight is 283 g/mol. The summed E-state index contributed by atoms with van der Waals surface area (Å²) in [6.07, 6.45) is 5.44. The molecule has 1 aromatic carbocycles. The Morgan fingerprint density at radius 1 is 1.05 bits per heavy atom. The van der Waals surface area contributed by atoms with Gasteiger partial charge in [-0.25, -0.2) is 8.42 Å². The molecule has 1 aromatic rings. The van der Waals surface area contributed by atoms with Crippen LogP contribution in [0.15, 0.2) is 24.3 Å². The van der Waals surface area contributed by atoms with Gasteiger partial charge < -0.3 is 11.1 Å². The number of nitrogens with one attached hydrogen (secondary N) is 2. The molecule has 0 unspecified atom stereocenters. The van der Waals surface area contributed by atoms with E-state index in [4.69, 9.17) is 5.73 Å². The molecule has 6 heteroatoms. The molecule has 0 bridgehead atoms. The number of hydrogen-bond acceptors (Lipinski definition) is 4. The smallest absolute Gasteiger partial charge is 0.229 e. The van der Waals surface area contributed by atoms with Crippen molar-refractivity contribution < 1.29 is 8.42 Å². The van der Waals surface area contributed by atoms with E-state index in [2.05, 4.69) is 10.0 Å². The van der Waals surface area contributed by atoms with E-state index >= 15 is 0 Å². The molecular formula is C13H21N3O2S. The zero-order valence-corrected chi connectivity index (χ0v) is 11.9. The SMILES string of the molecule is CS(=O)(=O)Nc1ccc(NC2CCC(N)CC2)cc1. The van der Waals surface area contributed by atoms with Crippen molar-refractivity contribution in [2.75, 3.05) is 16.3 Å². The highest BCUT2D eigenvalue weighted by Gasteiger charge is 2.17. The second kappa shape index (κ2) is 5.79. The third-order valence-corrected chi connectivity index (χ3v) is 3.94. The van der Waals surface area contributed by atoms with Gasteiger partial charge in [-0.15, -0.1) is 0 Å². The minimum atomic E-state index is -3.21. The fraction of sp³-hybridized carbons (Fsp3) is 0.538. The van der Waals surface area contributed by atoms with Crippen molar-refractivity contribution in [3.8, 4) is 0 Å². The Bertz CT molecular complexity index is 505. The van der Waals surface area contributed by atoms with Crippen molar-refractivity contribution in [1.82, 2.24) is 0 Å². The monoisotopic (exact) mass is 283 g/mol. The third-order valence-electron chi connectivity index (χ3n) is 3.33. The predicted molar refractivity (Wildman–Crippen MR) is 78.8 cm³/mol. The van der Waals surface area contributed by atoms with Gasteiger partial charge in [-0.3, -0.25) is 4.72 Å². The van der Waals surface area contributed by atoms with Gasteiger partial charge in [0.1, 0.15) is 0 Å². The molecule has 0 aliphatic heterocycles. The zero-order valence-electron chi connectivity index (χ0n) is 11.1. The van der Waals surface area contributed by atoms with Crippen LogP contribution in [0.4, 0.5) is 11.4 Å². The van der Waals surface area contributed by atoms with Crippen LogP contribution in [0.5, 0.6) is 0 Å². The molecule has 0 saturated heterocycles. The first-order valence-corrected chi connectivity index (χ1v) is 8.41. The summed E-state index contributed by atoms with van der Waals surface area (Å²) in [5.74, 6) is 0. The van der Waals surface area contributed by atoms with Gasteiger partial charge in [0.05, 0.1) is 6.26 Å². The Hall–Kier alpha value is -1.27. The molecule has 1 aliphatic carbocycles. The Kier molecular flexibility index (Phi) is 4.31. The molecule has 0 atom stereocenters. The van der Waals surface area contributed by atoms with E-state index in [1.165, 1.54) is 0 Å². The van der Waals surface area contributed by atoms with Gasteiger partial charge in [-0.1, -0.05) is 0 Å². The third kappa shape index (κ3) is 4.72. The molecule has 2 rings (SSSR count). The lowest BCUT2D eigenvalue weighted by molar-refractivity contribution is 0.411. The zero-order chi connectivity index (χ0) is 13.9. The van der Waals surface area contributed by atoms with Crippen molar-refractivity contribution in [2.24, 2.45) is 5.73 Å². The Morgan fingerprint density at radius 2 is 1.58 bits per heavy atom. The molecule has 1 saturated carbocycles. The highest BCUT2D eigenvalue weighted by atomic mass is 32.2. The number of nitrogens with two attached hydrogens (primary N) is 1. The molecule has 1 fully saturated rings. The normalized spacial score (nSPS) is 23.9. The quantitative estimate of drug-likeness (QED) is 0.786. The van der Waals surface area contributed by atoms with Gasteiger partial charge in [-0.05, 0) is 49.9 Å². The van der Waals surface area contributed by atoms with Gasteiger partial charge >= 0.3 is 0 Å². The summed E-state index contributed by atoms with van der Waals surface area (Å²) in [6.45, 7) is 0. The summed E-state index contributed by atoms with van der Waals surface area (Å²) in [6, 6.07) is 8.12. The second-order valence-corrected chi connectivity index (χ2v) is 6.96. The summed E-state index contributed by atoms with van der Waals surface area (Å²) >= 11 is 0. The van der Waals surface area contributed by atoms with Crippen LogP contribution in [0, 0.1) is 0 Å². The van der Waals surface area contributed by atoms with E-state index in [0.717, 1.165) is 37.6 Å². The number of rotatable bonds is 4. The van der Waals surface area contributed by atoms with Gasteiger partial charge in [0.15, 0.2) is 0 Å². The Labute approximate surface area is 114 Å². The largest absolute Gasteiger partial charge is 0.382 e. The fourth-order valence-corrected chi connectivity index (χ4v) is 2.91. The number of benzene rings is 1. The molecule has 4 N–H and O–H groups in total. The highest BCUT2D eigenvalue weighted by Crippen LogP contribution is 2.22. The van der Waals surface area contributed by atoms with Gasteiger partial charge in [0.25, 0.3) is 0 Å². The van der Waals surface area contributed by atoms with Crippen LogP contribution >= 0.6 is 0 Å². The summed E-state index contributed by atoms with van der Waals surface area (Å²) < 4.78 is 24.6. The molecule has 0 amide bonds. The molecule has 19 heavy (non-hydrogen) atoms. The Balaban J connectivity index is 1.92. The first kappa shape index (κ1) is 14.1. The summed E-state index contributed by atoms with van der Waals surface area (Å²) in [5.41, 5.74) is 7.47. The molecule has 0 heterocycles. The molecule has 0 aromatic heterocycles. The van der Waals surface area contributed by atoms with E-state index in [1.807, 2.05) is 12.1 Å². The Morgan fingerprint density at radius 3 is 2.11 bits per heavy atom. The minimum absolute atomic E-state index is 0.347. The standard InChI is InChI=1S/C13H21N3O2S/c1-19(17,18)16-13-8-6-12(7-9-13)15-11-4-2-10(14)3-5-11/h6-11,15-16H,2-5,14H2,1H3. The first-order chi connectivity index (χ1) is 8.92. The lowest BCUT2D eigenvalue weighted by Gasteiger charge is -2.27. The molecule has 0 radical (unpaired) electrons. The van der Waals surface area contributed by atoms with Crippen LogP contribution in [-0.2, 0) is 10.0 Å². The molecular weight excluding hydrogens is 262 g/mol. The second-order valence-electron chi connectivity index (χ2n) is 5.21. The number of sulfonamides is 1. The van der Waals surface area contributed by atoms with E-state index in [9.17, 15) is 8.42 Å². The first-order valence-electron chi connectivity index (χ1n) is 6.52. The van der Waals surface area contributed by atoms with E-state index in [-0.39, 0.29) is 0 Å². The van der Waals surface area contributed by atoms with Gasteiger partial charge in [0.2, 0.25) is 10.0 Å². The van der Waals surface area contributed by atoms with E-state index < -0.39 is 10.0 Å². The van der Waals surface area contributed by atoms with Crippen LogP contribution < -0.4 is 15.8 Å². The summed E-state index contributed by atoms with van der Waals surface area (Å²) in [7, 11) is -3.21.